The van der Waals surface area contributed by atoms with Gasteiger partial charge in [0.15, 0.2) is 0 Å². The summed E-state index contributed by atoms with van der Waals surface area (Å²) < 4.78 is 4.70. The monoisotopic (exact) mass is 252 g/mol. The second-order valence-corrected chi connectivity index (χ2v) is 4.74. The van der Waals surface area contributed by atoms with Crippen molar-refractivity contribution in [2.24, 2.45) is 0 Å². The van der Waals surface area contributed by atoms with Gasteiger partial charge in [-0.3, -0.25) is 4.98 Å². The number of methoxy groups -OCH3 is 1. The van der Waals surface area contributed by atoms with Gasteiger partial charge in [0.1, 0.15) is 0 Å². The van der Waals surface area contributed by atoms with Crippen LogP contribution in [0.5, 0.6) is 0 Å². The Kier molecular flexibility index (Phi) is 4.81. The van der Waals surface area contributed by atoms with E-state index < -0.39 is 17.6 Å². The van der Waals surface area contributed by atoms with Crippen molar-refractivity contribution in [3.8, 4) is 0 Å². The molecule has 100 valence electrons. The van der Waals surface area contributed by atoms with Gasteiger partial charge in [-0.15, -0.1) is 0 Å². The number of ether oxygens (including phenoxy) is 1. The van der Waals surface area contributed by atoms with Gasteiger partial charge in [0.25, 0.3) is 0 Å². The van der Waals surface area contributed by atoms with Gasteiger partial charge in [-0.2, -0.15) is 0 Å². The average Bonchev–Trinajstić information content (AvgIpc) is 2.35. The number of esters is 1. The average molecular weight is 252 g/mol. The second kappa shape index (κ2) is 5.93. The Morgan fingerprint density at radius 3 is 2.83 bits per heavy atom. The molecule has 5 heteroatoms. The topological polar surface area (TPSA) is 71.5 Å². The minimum absolute atomic E-state index is 0.392. The molecule has 1 rings (SSSR count). The highest BCUT2D eigenvalue weighted by Crippen LogP contribution is 2.12. The van der Waals surface area contributed by atoms with Crippen molar-refractivity contribution in [1.82, 2.24) is 10.3 Å². The molecule has 0 saturated heterocycles. The molecule has 0 bridgehead atoms. The molecule has 0 radical (unpaired) electrons. The Balaban J connectivity index is 2.82. The van der Waals surface area contributed by atoms with Crippen molar-refractivity contribution in [2.75, 3.05) is 7.11 Å². The van der Waals surface area contributed by atoms with Crippen molar-refractivity contribution in [1.29, 1.82) is 0 Å². The number of hydrogen-bond acceptors (Lipinski definition) is 5. The quantitative estimate of drug-likeness (QED) is 0.768. The van der Waals surface area contributed by atoms with Crippen LogP contribution in [-0.4, -0.2) is 34.8 Å². The van der Waals surface area contributed by atoms with E-state index in [1.165, 1.54) is 7.11 Å². The van der Waals surface area contributed by atoms with E-state index in [0.29, 0.717) is 17.8 Å². The molecule has 1 aromatic heterocycles. The summed E-state index contributed by atoms with van der Waals surface area (Å²) in [5.41, 5.74) is 0.595. The first kappa shape index (κ1) is 14.6. The van der Waals surface area contributed by atoms with Crippen molar-refractivity contribution in [3.63, 3.8) is 0 Å². The summed E-state index contributed by atoms with van der Waals surface area (Å²) in [6.07, 6.45) is 1.11. The van der Waals surface area contributed by atoms with E-state index in [-0.39, 0.29) is 0 Å². The molecular formula is C13H20N2O3. The van der Waals surface area contributed by atoms with Gasteiger partial charge >= 0.3 is 5.97 Å². The van der Waals surface area contributed by atoms with E-state index in [4.69, 9.17) is 4.74 Å². The summed E-state index contributed by atoms with van der Waals surface area (Å²) in [7, 11) is 1.34. The van der Waals surface area contributed by atoms with Crippen LogP contribution in [0.2, 0.25) is 0 Å². The molecule has 1 aromatic rings. The molecule has 0 aromatic carbocycles. The van der Waals surface area contributed by atoms with Crippen molar-refractivity contribution in [3.05, 3.63) is 29.6 Å². The van der Waals surface area contributed by atoms with Crippen LogP contribution in [0.1, 0.15) is 36.8 Å². The van der Waals surface area contributed by atoms with Gasteiger partial charge in [-0.1, -0.05) is 0 Å². The SMILES string of the molecule is COC(=O)c1cccnc1CNC(C)(C)C(C)O. The predicted molar refractivity (Wildman–Crippen MR) is 68.2 cm³/mol. The van der Waals surface area contributed by atoms with E-state index in [0.717, 1.165) is 0 Å². The third-order valence-corrected chi connectivity index (χ3v) is 3.05. The first-order chi connectivity index (χ1) is 8.38. The Morgan fingerprint density at radius 1 is 1.61 bits per heavy atom. The summed E-state index contributed by atoms with van der Waals surface area (Å²) in [5, 5.41) is 12.8. The molecule has 0 amide bonds. The van der Waals surface area contributed by atoms with Gasteiger partial charge in [-0.05, 0) is 32.9 Å². The van der Waals surface area contributed by atoms with Crippen LogP contribution >= 0.6 is 0 Å². The standard InChI is InChI=1S/C13H20N2O3/c1-9(16)13(2,3)15-8-11-10(12(17)18-4)6-5-7-14-11/h5-7,9,15-16H,8H2,1-4H3. The van der Waals surface area contributed by atoms with E-state index in [2.05, 4.69) is 10.3 Å². The lowest BCUT2D eigenvalue weighted by Crippen LogP contribution is -2.47. The van der Waals surface area contributed by atoms with Gasteiger partial charge < -0.3 is 15.2 Å². The fourth-order valence-corrected chi connectivity index (χ4v) is 1.33. The molecule has 0 spiro atoms. The third-order valence-electron chi connectivity index (χ3n) is 3.05. The Labute approximate surface area is 107 Å². The molecular weight excluding hydrogens is 232 g/mol. The lowest BCUT2D eigenvalue weighted by Gasteiger charge is -2.29. The molecule has 2 N–H and O–H groups in total. The zero-order chi connectivity index (χ0) is 13.8. The highest BCUT2D eigenvalue weighted by atomic mass is 16.5. The minimum atomic E-state index is -0.511. The summed E-state index contributed by atoms with van der Waals surface area (Å²) in [6, 6.07) is 3.36. The molecule has 0 fully saturated rings. The van der Waals surface area contributed by atoms with Crippen LogP contribution in [-0.2, 0) is 11.3 Å². The van der Waals surface area contributed by atoms with Crippen molar-refractivity contribution >= 4 is 5.97 Å². The van der Waals surface area contributed by atoms with Crippen molar-refractivity contribution < 1.29 is 14.6 Å². The maximum Gasteiger partial charge on any atom is 0.339 e. The number of carbonyl (C=O) groups excluding carboxylic acids is 1. The fraction of sp³-hybridized carbons (Fsp3) is 0.538. The first-order valence-corrected chi connectivity index (χ1v) is 5.83. The fourth-order valence-electron chi connectivity index (χ4n) is 1.33. The molecule has 0 aliphatic rings. The summed E-state index contributed by atoms with van der Waals surface area (Å²) in [4.78, 5) is 15.7. The smallest absolute Gasteiger partial charge is 0.339 e. The Hall–Kier alpha value is -1.46. The second-order valence-electron chi connectivity index (χ2n) is 4.74. The normalized spacial score (nSPS) is 13.2. The van der Waals surface area contributed by atoms with Crippen LogP contribution in [0.3, 0.4) is 0 Å². The summed E-state index contributed by atoms with van der Waals surface area (Å²) in [5.74, 6) is -0.408. The third kappa shape index (κ3) is 3.51. The number of aliphatic hydroxyl groups is 1. The lowest BCUT2D eigenvalue weighted by molar-refractivity contribution is 0.0597. The van der Waals surface area contributed by atoms with Gasteiger partial charge in [0.05, 0.1) is 24.5 Å². The number of aliphatic hydroxyl groups excluding tert-OH is 1. The first-order valence-electron chi connectivity index (χ1n) is 5.83. The summed E-state index contributed by atoms with van der Waals surface area (Å²) >= 11 is 0. The number of hydrogen-bond donors (Lipinski definition) is 2. The molecule has 1 atom stereocenters. The van der Waals surface area contributed by atoms with Crippen LogP contribution in [0.15, 0.2) is 18.3 Å². The van der Waals surface area contributed by atoms with Crippen LogP contribution < -0.4 is 5.32 Å². The number of aromatic nitrogens is 1. The lowest BCUT2D eigenvalue weighted by atomic mass is 9.98. The zero-order valence-electron chi connectivity index (χ0n) is 11.2. The van der Waals surface area contributed by atoms with E-state index in [1.54, 1.807) is 25.3 Å². The van der Waals surface area contributed by atoms with Crippen LogP contribution in [0, 0.1) is 0 Å². The highest BCUT2D eigenvalue weighted by Gasteiger charge is 2.24. The number of carbonyl (C=O) groups is 1. The molecule has 0 saturated carbocycles. The Morgan fingerprint density at radius 2 is 2.28 bits per heavy atom. The molecule has 1 unspecified atom stereocenters. The molecule has 18 heavy (non-hydrogen) atoms. The molecule has 5 nitrogen and oxygen atoms in total. The minimum Gasteiger partial charge on any atom is -0.465 e. The molecule has 0 aliphatic carbocycles. The number of nitrogens with zero attached hydrogens (tertiary/aromatic N) is 1. The van der Waals surface area contributed by atoms with Gasteiger partial charge in [0.2, 0.25) is 0 Å². The van der Waals surface area contributed by atoms with Gasteiger partial charge in [-0.25, -0.2) is 4.79 Å². The van der Waals surface area contributed by atoms with Crippen LogP contribution in [0.4, 0.5) is 0 Å². The number of rotatable bonds is 5. The Bertz CT molecular complexity index is 416. The molecule has 0 aliphatic heterocycles. The van der Waals surface area contributed by atoms with E-state index >= 15 is 0 Å². The van der Waals surface area contributed by atoms with E-state index in [1.807, 2.05) is 13.8 Å². The highest BCUT2D eigenvalue weighted by molar-refractivity contribution is 5.90. The number of nitrogens with one attached hydrogen (secondary N) is 1. The predicted octanol–water partition coefficient (Wildman–Crippen LogP) is 1.12. The van der Waals surface area contributed by atoms with E-state index in [9.17, 15) is 9.90 Å². The largest absolute Gasteiger partial charge is 0.465 e. The number of pyridine rings is 1. The van der Waals surface area contributed by atoms with Gasteiger partial charge in [0, 0.05) is 18.3 Å². The van der Waals surface area contributed by atoms with Crippen LogP contribution in [0.25, 0.3) is 0 Å². The van der Waals surface area contributed by atoms with Crippen molar-refractivity contribution in [2.45, 2.75) is 39.0 Å². The maximum atomic E-state index is 11.6. The molecule has 1 heterocycles. The zero-order valence-corrected chi connectivity index (χ0v) is 11.2. The maximum absolute atomic E-state index is 11.6. The summed E-state index contributed by atoms with van der Waals surface area (Å²) in [6.45, 7) is 5.88.